The van der Waals surface area contributed by atoms with E-state index in [0.717, 1.165) is 0 Å². The standard InChI is InChI=1S/C5H8N2O3/c8-4-1-3(5(9)10)6-2-7-4/h3,6H,1-2H2,(H,7,8)(H,9,10)/p-1/t3-/m1/s1. The van der Waals surface area contributed by atoms with Gasteiger partial charge in [0.05, 0.1) is 18.7 Å². The molecule has 1 aliphatic heterocycles. The van der Waals surface area contributed by atoms with E-state index in [9.17, 15) is 14.7 Å². The van der Waals surface area contributed by atoms with Crippen LogP contribution in [0.5, 0.6) is 0 Å². The largest absolute Gasteiger partial charge is 0.548 e. The summed E-state index contributed by atoms with van der Waals surface area (Å²) in [5.74, 6) is -1.48. The monoisotopic (exact) mass is 143 g/mol. The highest BCUT2D eigenvalue weighted by Crippen LogP contribution is 1.93. The van der Waals surface area contributed by atoms with E-state index in [0.29, 0.717) is 0 Å². The highest BCUT2D eigenvalue weighted by atomic mass is 16.4. The summed E-state index contributed by atoms with van der Waals surface area (Å²) in [7, 11) is 0. The van der Waals surface area contributed by atoms with E-state index >= 15 is 0 Å². The minimum absolute atomic E-state index is 0.0394. The molecular formula is C5H7N2O3-. The molecule has 1 fully saturated rings. The Morgan fingerprint density at radius 2 is 2.40 bits per heavy atom. The second-order valence-corrected chi connectivity index (χ2v) is 2.06. The van der Waals surface area contributed by atoms with Gasteiger partial charge >= 0.3 is 0 Å². The van der Waals surface area contributed by atoms with Crippen molar-refractivity contribution in [2.75, 3.05) is 6.67 Å². The second kappa shape index (κ2) is 2.66. The van der Waals surface area contributed by atoms with Crippen molar-refractivity contribution < 1.29 is 14.7 Å². The normalized spacial score (nSPS) is 25.6. The van der Waals surface area contributed by atoms with Crippen LogP contribution in [0.25, 0.3) is 0 Å². The van der Waals surface area contributed by atoms with Gasteiger partial charge in [-0.3, -0.25) is 10.1 Å². The number of carboxylic acids is 1. The molecule has 1 rings (SSSR count). The molecule has 1 atom stereocenters. The first-order valence-corrected chi connectivity index (χ1v) is 2.91. The minimum Gasteiger partial charge on any atom is -0.548 e. The molecule has 0 aromatic rings. The molecule has 1 amide bonds. The Labute approximate surface area is 57.4 Å². The third-order valence-corrected chi connectivity index (χ3v) is 1.31. The van der Waals surface area contributed by atoms with Gasteiger partial charge in [0.15, 0.2) is 0 Å². The van der Waals surface area contributed by atoms with Crippen molar-refractivity contribution in [3.05, 3.63) is 0 Å². The summed E-state index contributed by atoms with van der Waals surface area (Å²) < 4.78 is 0. The number of carbonyl (C=O) groups is 2. The Bertz CT molecular complexity index is 166. The topological polar surface area (TPSA) is 81.3 Å². The highest BCUT2D eigenvalue weighted by molar-refractivity contribution is 5.84. The summed E-state index contributed by atoms with van der Waals surface area (Å²) in [5.41, 5.74) is 0. The first-order valence-electron chi connectivity index (χ1n) is 2.91. The van der Waals surface area contributed by atoms with Crippen LogP contribution in [0.4, 0.5) is 0 Å². The summed E-state index contributed by atoms with van der Waals surface area (Å²) >= 11 is 0. The van der Waals surface area contributed by atoms with Gasteiger partial charge in [-0.05, 0) is 0 Å². The van der Waals surface area contributed by atoms with E-state index in [4.69, 9.17) is 0 Å². The Hall–Kier alpha value is -1.10. The van der Waals surface area contributed by atoms with Crippen LogP contribution in [-0.4, -0.2) is 24.6 Å². The number of amides is 1. The molecule has 1 saturated heterocycles. The van der Waals surface area contributed by atoms with Gasteiger partial charge in [0.1, 0.15) is 0 Å². The van der Waals surface area contributed by atoms with E-state index in [1.54, 1.807) is 0 Å². The molecule has 0 unspecified atom stereocenters. The minimum atomic E-state index is -1.23. The zero-order valence-electron chi connectivity index (χ0n) is 5.22. The van der Waals surface area contributed by atoms with Gasteiger partial charge in [-0.25, -0.2) is 0 Å². The molecule has 5 heteroatoms. The fourth-order valence-corrected chi connectivity index (χ4v) is 0.769. The molecule has 0 aromatic carbocycles. The Kier molecular flexibility index (Phi) is 1.86. The third kappa shape index (κ3) is 1.44. The Morgan fingerprint density at radius 1 is 1.70 bits per heavy atom. The van der Waals surface area contributed by atoms with Gasteiger partial charge in [-0.15, -0.1) is 0 Å². The van der Waals surface area contributed by atoms with Crippen LogP contribution >= 0.6 is 0 Å². The van der Waals surface area contributed by atoms with Gasteiger partial charge in [0, 0.05) is 6.42 Å². The van der Waals surface area contributed by atoms with E-state index in [2.05, 4.69) is 10.6 Å². The lowest BCUT2D eigenvalue weighted by Crippen LogP contribution is -2.55. The van der Waals surface area contributed by atoms with Gasteiger partial charge in [0.25, 0.3) is 0 Å². The van der Waals surface area contributed by atoms with Crippen molar-refractivity contribution in [3.8, 4) is 0 Å². The van der Waals surface area contributed by atoms with Crippen LogP contribution < -0.4 is 15.7 Å². The average Bonchev–Trinajstić information content (AvgIpc) is 1.88. The van der Waals surface area contributed by atoms with Crippen molar-refractivity contribution in [3.63, 3.8) is 0 Å². The third-order valence-electron chi connectivity index (χ3n) is 1.31. The van der Waals surface area contributed by atoms with Crippen molar-refractivity contribution in [2.24, 2.45) is 0 Å². The zero-order chi connectivity index (χ0) is 7.56. The van der Waals surface area contributed by atoms with Gasteiger partial charge in [-0.1, -0.05) is 0 Å². The van der Waals surface area contributed by atoms with E-state index in [1.807, 2.05) is 0 Å². The number of nitrogens with one attached hydrogen (secondary N) is 2. The van der Waals surface area contributed by atoms with Crippen LogP contribution in [0.3, 0.4) is 0 Å². The maximum atomic E-state index is 10.5. The predicted octanol–water partition coefficient (Wildman–Crippen LogP) is -2.83. The fraction of sp³-hybridized carbons (Fsp3) is 0.600. The molecule has 10 heavy (non-hydrogen) atoms. The van der Waals surface area contributed by atoms with Gasteiger partial charge in [-0.2, -0.15) is 0 Å². The van der Waals surface area contributed by atoms with Gasteiger partial charge < -0.3 is 15.2 Å². The molecule has 2 N–H and O–H groups in total. The molecule has 0 aliphatic carbocycles. The summed E-state index contributed by atoms with van der Waals surface area (Å²) in [6.07, 6.45) is -0.0394. The highest BCUT2D eigenvalue weighted by Gasteiger charge is 2.18. The van der Waals surface area contributed by atoms with E-state index in [-0.39, 0.29) is 19.0 Å². The number of carbonyl (C=O) groups excluding carboxylic acids is 2. The summed E-state index contributed by atoms with van der Waals surface area (Å²) in [6.45, 7) is 0.206. The molecular weight excluding hydrogens is 136 g/mol. The van der Waals surface area contributed by atoms with Gasteiger partial charge in [0.2, 0.25) is 5.91 Å². The molecule has 1 heterocycles. The van der Waals surface area contributed by atoms with Crippen LogP contribution in [0, 0.1) is 0 Å². The van der Waals surface area contributed by atoms with E-state index in [1.165, 1.54) is 0 Å². The summed E-state index contributed by atoms with van der Waals surface area (Å²) in [4.78, 5) is 20.7. The Balaban J connectivity index is 2.47. The van der Waals surface area contributed by atoms with Crippen LogP contribution in [0.15, 0.2) is 0 Å². The number of rotatable bonds is 1. The molecule has 5 nitrogen and oxygen atoms in total. The average molecular weight is 143 g/mol. The van der Waals surface area contributed by atoms with Crippen molar-refractivity contribution in [1.29, 1.82) is 0 Å². The molecule has 0 saturated carbocycles. The summed E-state index contributed by atoms with van der Waals surface area (Å²) in [5, 5.41) is 15.1. The summed E-state index contributed by atoms with van der Waals surface area (Å²) in [6, 6.07) is -0.825. The molecule has 0 aromatic heterocycles. The van der Waals surface area contributed by atoms with Crippen molar-refractivity contribution >= 4 is 11.9 Å². The number of hydrogen-bond acceptors (Lipinski definition) is 4. The van der Waals surface area contributed by atoms with Crippen molar-refractivity contribution in [1.82, 2.24) is 10.6 Å². The van der Waals surface area contributed by atoms with Crippen LogP contribution in [0.2, 0.25) is 0 Å². The number of hydrogen-bond donors (Lipinski definition) is 2. The van der Waals surface area contributed by atoms with Crippen LogP contribution in [-0.2, 0) is 9.59 Å². The second-order valence-electron chi connectivity index (χ2n) is 2.06. The fourth-order valence-electron chi connectivity index (χ4n) is 0.769. The molecule has 56 valence electrons. The van der Waals surface area contributed by atoms with Crippen LogP contribution in [0.1, 0.15) is 6.42 Å². The number of aliphatic carboxylic acids is 1. The smallest absolute Gasteiger partial charge is 0.222 e. The predicted molar refractivity (Wildman–Crippen MR) is 29.6 cm³/mol. The maximum Gasteiger partial charge on any atom is 0.222 e. The SMILES string of the molecule is O=C1C[C@H](C(=O)[O-])NCN1. The Morgan fingerprint density at radius 3 is 2.80 bits per heavy atom. The molecule has 0 spiro atoms. The zero-order valence-corrected chi connectivity index (χ0v) is 5.22. The lowest BCUT2D eigenvalue weighted by atomic mass is 10.2. The van der Waals surface area contributed by atoms with E-state index < -0.39 is 12.0 Å². The van der Waals surface area contributed by atoms with Crippen molar-refractivity contribution in [2.45, 2.75) is 12.5 Å². The maximum absolute atomic E-state index is 10.5. The lowest BCUT2D eigenvalue weighted by Gasteiger charge is -2.23. The lowest BCUT2D eigenvalue weighted by molar-refractivity contribution is -0.308. The first kappa shape index (κ1) is 7.01. The molecule has 0 bridgehead atoms. The molecule has 1 aliphatic rings. The quantitative estimate of drug-likeness (QED) is 0.414. The molecule has 0 radical (unpaired) electrons. The first-order chi connectivity index (χ1) is 4.70. The number of carboxylic acid groups (broad SMARTS) is 1.